The number of anilines is 1. The molecule has 0 bridgehead atoms. The Hall–Kier alpha value is -1.61. The van der Waals surface area contributed by atoms with Crippen LogP contribution in [0.3, 0.4) is 0 Å². The van der Waals surface area contributed by atoms with E-state index in [2.05, 4.69) is 47.1 Å². The van der Waals surface area contributed by atoms with Crippen molar-refractivity contribution in [1.29, 1.82) is 0 Å². The third kappa shape index (κ3) is 3.03. The van der Waals surface area contributed by atoms with Crippen LogP contribution >= 0.6 is 11.6 Å². The second-order valence-electron chi connectivity index (χ2n) is 5.76. The molecule has 110 valence electrons. The maximum Gasteiger partial charge on any atom is 0.151 e. The van der Waals surface area contributed by atoms with Crippen molar-refractivity contribution >= 4 is 17.4 Å². The lowest BCUT2D eigenvalue weighted by Gasteiger charge is -2.33. The molecule has 1 fully saturated rings. The molecular weight excluding hydrogens is 282 g/mol. The Kier molecular flexibility index (Phi) is 4.11. The second kappa shape index (κ2) is 6.02. The summed E-state index contributed by atoms with van der Waals surface area (Å²) in [5.41, 5.74) is 4.34. The second-order valence-corrected chi connectivity index (χ2v) is 6.15. The first kappa shape index (κ1) is 14.3. The van der Waals surface area contributed by atoms with Crippen LogP contribution in [0.2, 0.25) is 5.15 Å². The molecule has 1 aromatic carbocycles. The van der Waals surface area contributed by atoms with Gasteiger partial charge in [0.25, 0.3) is 0 Å². The zero-order valence-corrected chi connectivity index (χ0v) is 13.3. The van der Waals surface area contributed by atoms with E-state index in [-0.39, 0.29) is 0 Å². The van der Waals surface area contributed by atoms with Crippen molar-refractivity contribution in [2.45, 2.75) is 32.6 Å². The van der Waals surface area contributed by atoms with Gasteiger partial charge in [0.05, 0.1) is 0 Å². The molecule has 1 aliphatic rings. The summed E-state index contributed by atoms with van der Waals surface area (Å²) >= 11 is 5.79. The largest absolute Gasteiger partial charge is 0.355 e. The number of aromatic nitrogens is 2. The van der Waals surface area contributed by atoms with Gasteiger partial charge in [-0.2, -0.15) is 0 Å². The Balaban J connectivity index is 1.70. The van der Waals surface area contributed by atoms with Crippen LogP contribution in [0.25, 0.3) is 0 Å². The summed E-state index contributed by atoms with van der Waals surface area (Å²) in [5, 5.41) is 8.55. The fraction of sp³-hybridized carbons (Fsp3) is 0.412. The topological polar surface area (TPSA) is 29.0 Å². The number of nitrogens with zero attached hydrogens (tertiary/aromatic N) is 3. The summed E-state index contributed by atoms with van der Waals surface area (Å²) in [6.45, 7) is 6.47. The zero-order chi connectivity index (χ0) is 14.8. The minimum Gasteiger partial charge on any atom is -0.355 e. The normalized spacial score (nSPS) is 16.2. The standard InChI is InChI=1S/C17H20ClN3/c1-12-4-3-5-15(13(12)2)14-8-10-21(11-9-14)17-7-6-16(18)19-20-17/h3-7,14H,8-11H2,1-2H3. The average molecular weight is 302 g/mol. The molecule has 21 heavy (non-hydrogen) atoms. The molecule has 0 aliphatic carbocycles. The number of benzene rings is 1. The van der Waals surface area contributed by atoms with Crippen molar-refractivity contribution in [2.24, 2.45) is 0 Å². The average Bonchev–Trinajstić information content (AvgIpc) is 2.51. The maximum atomic E-state index is 5.79. The van der Waals surface area contributed by atoms with Crippen LogP contribution in [0.4, 0.5) is 5.82 Å². The van der Waals surface area contributed by atoms with Gasteiger partial charge in [-0.05, 0) is 61.4 Å². The van der Waals surface area contributed by atoms with Gasteiger partial charge in [0.2, 0.25) is 0 Å². The molecule has 0 radical (unpaired) electrons. The van der Waals surface area contributed by atoms with E-state index in [0.717, 1.165) is 31.7 Å². The van der Waals surface area contributed by atoms with Gasteiger partial charge in [-0.3, -0.25) is 0 Å². The first-order valence-electron chi connectivity index (χ1n) is 7.45. The monoisotopic (exact) mass is 301 g/mol. The van der Waals surface area contributed by atoms with Gasteiger partial charge < -0.3 is 4.90 Å². The molecule has 4 heteroatoms. The fourth-order valence-corrected chi connectivity index (χ4v) is 3.21. The number of aryl methyl sites for hydroxylation is 1. The lowest BCUT2D eigenvalue weighted by molar-refractivity contribution is 0.499. The Bertz CT molecular complexity index is 616. The summed E-state index contributed by atoms with van der Waals surface area (Å²) in [5.74, 6) is 1.58. The van der Waals surface area contributed by atoms with E-state index in [1.165, 1.54) is 16.7 Å². The van der Waals surface area contributed by atoms with E-state index >= 15 is 0 Å². The minimum atomic E-state index is 0.448. The maximum absolute atomic E-state index is 5.79. The number of rotatable bonds is 2. The van der Waals surface area contributed by atoms with Crippen molar-refractivity contribution in [2.75, 3.05) is 18.0 Å². The highest BCUT2D eigenvalue weighted by molar-refractivity contribution is 6.29. The Morgan fingerprint density at radius 3 is 2.48 bits per heavy atom. The lowest BCUT2D eigenvalue weighted by atomic mass is 9.85. The van der Waals surface area contributed by atoms with Gasteiger partial charge in [0.1, 0.15) is 0 Å². The van der Waals surface area contributed by atoms with Crippen molar-refractivity contribution < 1.29 is 0 Å². The Morgan fingerprint density at radius 2 is 1.81 bits per heavy atom. The van der Waals surface area contributed by atoms with E-state index in [4.69, 9.17) is 11.6 Å². The molecule has 0 amide bonds. The van der Waals surface area contributed by atoms with Crippen LogP contribution in [-0.4, -0.2) is 23.3 Å². The molecule has 3 rings (SSSR count). The van der Waals surface area contributed by atoms with Crippen molar-refractivity contribution in [3.63, 3.8) is 0 Å². The fourth-order valence-electron chi connectivity index (χ4n) is 3.11. The van der Waals surface area contributed by atoms with E-state index < -0.39 is 0 Å². The zero-order valence-electron chi connectivity index (χ0n) is 12.5. The van der Waals surface area contributed by atoms with E-state index in [0.29, 0.717) is 11.1 Å². The summed E-state index contributed by atoms with van der Waals surface area (Å²) in [4.78, 5) is 2.30. The number of halogens is 1. The smallest absolute Gasteiger partial charge is 0.151 e. The molecule has 0 spiro atoms. The summed E-state index contributed by atoms with van der Waals surface area (Å²) in [7, 11) is 0. The SMILES string of the molecule is Cc1cccc(C2CCN(c3ccc(Cl)nn3)CC2)c1C. The summed E-state index contributed by atoms with van der Waals surface area (Å²) in [6, 6.07) is 10.4. The first-order valence-corrected chi connectivity index (χ1v) is 7.83. The quantitative estimate of drug-likeness (QED) is 0.835. The highest BCUT2D eigenvalue weighted by Crippen LogP contribution is 2.32. The van der Waals surface area contributed by atoms with Gasteiger partial charge in [0, 0.05) is 13.1 Å². The molecule has 1 saturated heterocycles. The van der Waals surface area contributed by atoms with Gasteiger partial charge >= 0.3 is 0 Å². The number of hydrogen-bond acceptors (Lipinski definition) is 3. The van der Waals surface area contributed by atoms with Crippen LogP contribution in [0.1, 0.15) is 35.4 Å². The molecule has 1 aliphatic heterocycles. The van der Waals surface area contributed by atoms with Gasteiger partial charge in [-0.25, -0.2) is 0 Å². The Labute approximate surface area is 131 Å². The van der Waals surface area contributed by atoms with Crippen LogP contribution in [0.15, 0.2) is 30.3 Å². The lowest BCUT2D eigenvalue weighted by Crippen LogP contribution is -2.33. The summed E-state index contributed by atoms with van der Waals surface area (Å²) in [6.07, 6.45) is 2.32. The van der Waals surface area contributed by atoms with E-state index in [1.807, 2.05) is 6.07 Å². The van der Waals surface area contributed by atoms with E-state index in [9.17, 15) is 0 Å². The number of piperidine rings is 1. The third-order valence-electron chi connectivity index (χ3n) is 4.52. The number of hydrogen-bond donors (Lipinski definition) is 0. The van der Waals surface area contributed by atoms with E-state index in [1.54, 1.807) is 6.07 Å². The molecule has 0 unspecified atom stereocenters. The van der Waals surface area contributed by atoms with Crippen LogP contribution in [0.5, 0.6) is 0 Å². The van der Waals surface area contributed by atoms with Crippen molar-refractivity contribution in [1.82, 2.24) is 10.2 Å². The first-order chi connectivity index (χ1) is 10.1. The van der Waals surface area contributed by atoms with Gasteiger partial charge in [-0.1, -0.05) is 29.8 Å². The highest BCUT2D eigenvalue weighted by Gasteiger charge is 2.23. The van der Waals surface area contributed by atoms with Crippen LogP contribution < -0.4 is 4.90 Å². The molecule has 2 aromatic rings. The molecule has 0 atom stereocenters. The molecule has 0 N–H and O–H groups in total. The van der Waals surface area contributed by atoms with Crippen molar-refractivity contribution in [3.05, 3.63) is 52.2 Å². The molecule has 1 aromatic heterocycles. The van der Waals surface area contributed by atoms with Crippen LogP contribution in [-0.2, 0) is 0 Å². The Morgan fingerprint density at radius 1 is 1.05 bits per heavy atom. The highest BCUT2D eigenvalue weighted by atomic mass is 35.5. The molecule has 0 saturated carbocycles. The van der Waals surface area contributed by atoms with Gasteiger partial charge in [0.15, 0.2) is 11.0 Å². The molecule has 3 nitrogen and oxygen atoms in total. The molecular formula is C17H20ClN3. The van der Waals surface area contributed by atoms with Crippen LogP contribution in [0, 0.1) is 13.8 Å². The third-order valence-corrected chi connectivity index (χ3v) is 4.72. The predicted molar refractivity (Wildman–Crippen MR) is 87.1 cm³/mol. The predicted octanol–water partition coefficient (Wildman–Crippen LogP) is 4.13. The van der Waals surface area contributed by atoms with Crippen molar-refractivity contribution in [3.8, 4) is 0 Å². The summed E-state index contributed by atoms with van der Waals surface area (Å²) < 4.78 is 0. The minimum absolute atomic E-state index is 0.448. The molecule has 2 heterocycles. The van der Waals surface area contributed by atoms with Gasteiger partial charge in [-0.15, -0.1) is 10.2 Å².